The quantitative estimate of drug-likeness (QED) is 0.515. The van der Waals surface area contributed by atoms with Crippen LogP contribution in [0.2, 0.25) is 0 Å². The van der Waals surface area contributed by atoms with Gasteiger partial charge >= 0.3 is 0 Å². The first-order valence-corrected chi connectivity index (χ1v) is 9.58. The Morgan fingerprint density at radius 1 is 0.966 bits per heavy atom. The summed E-state index contributed by atoms with van der Waals surface area (Å²) in [4.78, 5) is 37.0. The smallest absolute Gasteiger partial charge is 0.270 e. The summed E-state index contributed by atoms with van der Waals surface area (Å²) in [5.74, 6) is -0.205. The second kappa shape index (κ2) is 8.97. The van der Waals surface area contributed by atoms with Crippen LogP contribution in [0.4, 0.5) is 22.7 Å². The van der Waals surface area contributed by atoms with Gasteiger partial charge < -0.3 is 10.2 Å². The van der Waals surface area contributed by atoms with E-state index in [0.717, 1.165) is 5.69 Å². The molecule has 2 aromatic carbocycles. The van der Waals surface area contributed by atoms with E-state index < -0.39 is 9.85 Å². The number of carbonyl (C=O) groups is 1. The molecule has 0 radical (unpaired) electrons. The van der Waals surface area contributed by atoms with Crippen LogP contribution in [0.3, 0.4) is 0 Å². The molecule has 10 nitrogen and oxygen atoms in total. The Labute approximate surface area is 174 Å². The number of nitrogens with one attached hydrogen (secondary N) is 1. The van der Waals surface area contributed by atoms with Gasteiger partial charge in [0, 0.05) is 60.6 Å². The van der Waals surface area contributed by atoms with E-state index in [1.165, 1.54) is 30.3 Å². The van der Waals surface area contributed by atoms with Crippen molar-refractivity contribution < 1.29 is 14.6 Å². The van der Waals surface area contributed by atoms with Gasteiger partial charge in [-0.05, 0) is 34.1 Å². The van der Waals surface area contributed by atoms with Gasteiger partial charge in [0.15, 0.2) is 0 Å². The normalized spacial score (nSPS) is 14.4. The number of hydrogen-bond acceptors (Lipinski definition) is 7. The number of rotatable bonds is 6. The Hall–Kier alpha value is -3.05. The van der Waals surface area contributed by atoms with Gasteiger partial charge in [-0.25, -0.2) is 0 Å². The first kappa shape index (κ1) is 20.7. The lowest BCUT2D eigenvalue weighted by Crippen LogP contribution is -2.48. The van der Waals surface area contributed by atoms with Crippen molar-refractivity contribution in [3.8, 4) is 0 Å². The Kier molecular flexibility index (Phi) is 6.39. The number of hydrogen-bond donors (Lipinski definition) is 1. The second-order valence-corrected chi connectivity index (χ2v) is 7.36. The fourth-order valence-corrected chi connectivity index (χ4v) is 3.53. The van der Waals surface area contributed by atoms with Crippen LogP contribution in [0.1, 0.15) is 0 Å². The average molecular weight is 464 g/mol. The molecule has 0 bridgehead atoms. The molecule has 1 aliphatic heterocycles. The van der Waals surface area contributed by atoms with Crippen LogP contribution in [-0.4, -0.2) is 53.4 Å². The largest absolute Gasteiger partial charge is 0.369 e. The third kappa shape index (κ3) is 5.27. The molecule has 1 fully saturated rings. The number of anilines is 2. The molecule has 0 aliphatic carbocycles. The lowest BCUT2D eigenvalue weighted by Gasteiger charge is -2.35. The van der Waals surface area contributed by atoms with E-state index in [2.05, 4.69) is 26.1 Å². The number of nitro groups is 2. The van der Waals surface area contributed by atoms with Crippen LogP contribution in [-0.2, 0) is 4.79 Å². The minimum Gasteiger partial charge on any atom is -0.369 e. The van der Waals surface area contributed by atoms with Crippen molar-refractivity contribution in [2.75, 3.05) is 42.9 Å². The van der Waals surface area contributed by atoms with Crippen LogP contribution in [0.25, 0.3) is 0 Å². The van der Waals surface area contributed by atoms with Gasteiger partial charge in [0.2, 0.25) is 5.91 Å². The molecule has 152 valence electrons. The van der Waals surface area contributed by atoms with E-state index in [-0.39, 0.29) is 23.8 Å². The van der Waals surface area contributed by atoms with Gasteiger partial charge in [-0.1, -0.05) is 0 Å². The summed E-state index contributed by atoms with van der Waals surface area (Å²) in [6, 6.07) is 10.6. The molecule has 1 aliphatic rings. The number of non-ortho nitro benzene ring substituents is 2. The number of nitro benzene ring substituents is 2. The first-order chi connectivity index (χ1) is 13.8. The van der Waals surface area contributed by atoms with Crippen LogP contribution in [0.5, 0.6) is 0 Å². The van der Waals surface area contributed by atoms with E-state index in [1.54, 1.807) is 12.1 Å². The summed E-state index contributed by atoms with van der Waals surface area (Å²) >= 11 is 3.24. The minimum atomic E-state index is -0.499. The molecule has 0 aromatic heterocycles. The van der Waals surface area contributed by atoms with E-state index in [4.69, 9.17) is 0 Å². The highest BCUT2D eigenvalue weighted by Crippen LogP contribution is 2.27. The third-order valence-corrected chi connectivity index (χ3v) is 5.26. The molecule has 0 saturated carbocycles. The summed E-state index contributed by atoms with van der Waals surface area (Å²) in [6.07, 6.45) is 0. The molecule has 11 heteroatoms. The molecule has 0 unspecified atom stereocenters. The molecule has 1 amide bonds. The monoisotopic (exact) mass is 463 g/mol. The van der Waals surface area contributed by atoms with Crippen LogP contribution in [0.15, 0.2) is 46.9 Å². The molecular formula is C18H18BrN5O5. The van der Waals surface area contributed by atoms with Gasteiger partial charge in [0.1, 0.15) is 0 Å². The first-order valence-electron chi connectivity index (χ1n) is 8.79. The van der Waals surface area contributed by atoms with Crippen molar-refractivity contribution in [1.29, 1.82) is 0 Å². The summed E-state index contributed by atoms with van der Waals surface area (Å²) < 4.78 is 0.447. The molecule has 3 rings (SSSR count). The standard InChI is InChI=1S/C18H18BrN5O5/c19-16-11-15(24(28)29)5-6-17(16)20-18(25)12-21-7-9-22(10-8-21)13-1-3-14(4-2-13)23(26)27/h1-6,11H,7-10,12H2,(H,20,25). The zero-order valence-electron chi connectivity index (χ0n) is 15.3. The number of benzene rings is 2. The number of halogens is 1. The van der Waals surface area contributed by atoms with Crippen molar-refractivity contribution in [2.45, 2.75) is 0 Å². The highest BCUT2D eigenvalue weighted by molar-refractivity contribution is 9.10. The molecule has 1 saturated heterocycles. The zero-order valence-corrected chi connectivity index (χ0v) is 16.9. The lowest BCUT2D eigenvalue weighted by molar-refractivity contribution is -0.385. The molecule has 1 N–H and O–H groups in total. The molecule has 29 heavy (non-hydrogen) atoms. The van der Waals surface area contributed by atoms with E-state index in [9.17, 15) is 25.0 Å². The highest BCUT2D eigenvalue weighted by atomic mass is 79.9. The van der Waals surface area contributed by atoms with Crippen LogP contribution < -0.4 is 10.2 Å². The maximum absolute atomic E-state index is 12.3. The topological polar surface area (TPSA) is 122 Å². The second-order valence-electron chi connectivity index (χ2n) is 6.51. The highest BCUT2D eigenvalue weighted by Gasteiger charge is 2.20. The van der Waals surface area contributed by atoms with Crippen molar-refractivity contribution in [2.24, 2.45) is 0 Å². The molecule has 2 aromatic rings. The van der Waals surface area contributed by atoms with Gasteiger partial charge in [0.05, 0.1) is 22.1 Å². The summed E-state index contributed by atoms with van der Waals surface area (Å²) in [5.41, 5.74) is 1.39. The Bertz CT molecular complexity index is 929. The zero-order chi connectivity index (χ0) is 21.0. The third-order valence-electron chi connectivity index (χ3n) is 4.60. The summed E-state index contributed by atoms with van der Waals surface area (Å²) in [7, 11) is 0. The fraction of sp³-hybridized carbons (Fsp3) is 0.278. The maximum atomic E-state index is 12.3. The van der Waals surface area contributed by atoms with Gasteiger partial charge in [-0.3, -0.25) is 29.9 Å². The Balaban J connectivity index is 1.51. The predicted molar refractivity (Wildman–Crippen MR) is 111 cm³/mol. The van der Waals surface area contributed by atoms with E-state index in [1.807, 2.05) is 4.90 Å². The number of amides is 1. The van der Waals surface area contributed by atoms with E-state index in [0.29, 0.717) is 36.3 Å². The molecule has 0 atom stereocenters. The van der Waals surface area contributed by atoms with Gasteiger partial charge in [-0.15, -0.1) is 0 Å². The van der Waals surface area contributed by atoms with Crippen molar-refractivity contribution in [1.82, 2.24) is 4.90 Å². The van der Waals surface area contributed by atoms with Gasteiger partial charge in [-0.2, -0.15) is 0 Å². The fourth-order valence-electron chi connectivity index (χ4n) is 3.06. The van der Waals surface area contributed by atoms with Crippen LogP contribution >= 0.6 is 15.9 Å². The maximum Gasteiger partial charge on any atom is 0.270 e. The number of piperazine rings is 1. The van der Waals surface area contributed by atoms with Crippen molar-refractivity contribution >= 4 is 44.6 Å². The van der Waals surface area contributed by atoms with E-state index >= 15 is 0 Å². The molecular weight excluding hydrogens is 446 g/mol. The predicted octanol–water partition coefficient (Wildman–Crippen LogP) is 3.03. The SMILES string of the molecule is O=C(CN1CCN(c2ccc([N+](=O)[O-])cc2)CC1)Nc1ccc([N+](=O)[O-])cc1Br. The van der Waals surface area contributed by atoms with Gasteiger partial charge in [0.25, 0.3) is 11.4 Å². The number of nitrogens with zero attached hydrogens (tertiary/aromatic N) is 4. The van der Waals surface area contributed by atoms with Crippen molar-refractivity contribution in [3.63, 3.8) is 0 Å². The van der Waals surface area contributed by atoms with Crippen LogP contribution in [0, 0.1) is 20.2 Å². The Morgan fingerprint density at radius 3 is 2.10 bits per heavy atom. The lowest BCUT2D eigenvalue weighted by atomic mass is 10.2. The molecule has 1 heterocycles. The minimum absolute atomic E-state index is 0.0569. The average Bonchev–Trinajstić information content (AvgIpc) is 2.70. The Morgan fingerprint density at radius 2 is 1.55 bits per heavy atom. The number of carbonyl (C=O) groups excluding carboxylic acids is 1. The summed E-state index contributed by atoms with van der Waals surface area (Å²) in [5, 5.41) is 24.3. The molecule has 0 spiro atoms. The van der Waals surface area contributed by atoms with Crippen molar-refractivity contribution in [3.05, 3.63) is 67.2 Å². The summed E-state index contributed by atoms with van der Waals surface area (Å²) in [6.45, 7) is 2.95.